The van der Waals surface area contributed by atoms with Crippen LogP contribution in [-0.2, 0) is 9.53 Å². The molecule has 0 aliphatic rings. The molecule has 0 radical (unpaired) electrons. The molecule has 0 aliphatic carbocycles. The lowest BCUT2D eigenvalue weighted by Crippen LogP contribution is -2.07. The third-order valence-electron chi connectivity index (χ3n) is 1.68. The maximum absolute atomic E-state index is 10.9. The van der Waals surface area contributed by atoms with Gasteiger partial charge in [-0.3, -0.25) is 4.79 Å². The summed E-state index contributed by atoms with van der Waals surface area (Å²) in [6.07, 6.45) is 0.691. The van der Waals surface area contributed by atoms with Crippen molar-refractivity contribution in [3.63, 3.8) is 0 Å². The van der Waals surface area contributed by atoms with E-state index in [1.54, 1.807) is 6.92 Å². The standard InChI is InChI=1S/C7H16O6P2/c1-2-13-6(8)4-3-5-7(14(9)10)15(11)12/h7,9-12H,2-5H2,1H3. The van der Waals surface area contributed by atoms with Gasteiger partial charge in [0.05, 0.1) is 12.0 Å². The third kappa shape index (κ3) is 7.12. The molecule has 0 aromatic carbocycles. The molecule has 0 rings (SSSR count). The molecule has 0 atom stereocenters. The van der Waals surface area contributed by atoms with Crippen LogP contribution in [-0.4, -0.2) is 37.5 Å². The van der Waals surface area contributed by atoms with E-state index in [0.29, 0.717) is 13.0 Å². The number of carbonyl (C=O) groups excluding carboxylic acids is 1. The summed E-state index contributed by atoms with van der Waals surface area (Å²) >= 11 is 0. The topological polar surface area (TPSA) is 107 Å². The van der Waals surface area contributed by atoms with Crippen molar-refractivity contribution in [1.29, 1.82) is 0 Å². The van der Waals surface area contributed by atoms with Crippen LogP contribution in [0, 0.1) is 0 Å². The third-order valence-corrected chi connectivity index (χ3v) is 4.50. The van der Waals surface area contributed by atoms with Gasteiger partial charge in [-0.25, -0.2) is 0 Å². The summed E-state index contributed by atoms with van der Waals surface area (Å²) < 4.78 is 4.67. The number of hydrogen-bond donors (Lipinski definition) is 4. The van der Waals surface area contributed by atoms with E-state index in [0.717, 1.165) is 0 Å². The Morgan fingerprint density at radius 2 is 1.80 bits per heavy atom. The molecule has 0 saturated carbocycles. The highest BCUT2D eigenvalue weighted by Crippen LogP contribution is 2.51. The summed E-state index contributed by atoms with van der Waals surface area (Å²) in [4.78, 5) is 46.3. The first kappa shape index (κ1) is 15.2. The zero-order chi connectivity index (χ0) is 11.8. The van der Waals surface area contributed by atoms with Crippen molar-refractivity contribution in [1.82, 2.24) is 0 Å². The normalized spacial score (nSPS) is 11.5. The number of esters is 1. The highest BCUT2D eigenvalue weighted by Gasteiger charge is 2.25. The fraction of sp³-hybridized carbons (Fsp3) is 0.857. The van der Waals surface area contributed by atoms with Crippen molar-refractivity contribution in [3.05, 3.63) is 0 Å². The molecule has 0 bridgehead atoms. The van der Waals surface area contributed by atoms with Crippen molar-refractivity contribution < 1.29 is 29.1 Å². The average Bonchev–Trinajstić information content (AvgIpc) is 2.11. The Morgan fingerprint density at radius 1 is 1.27 bits per heavy atom. The van der Waals surface area contributed by atoms with Crippen LogP contribution in [0.2, 0.25) is 0 Å². The van der Waals surface area contributed by atoms with E-state index in [4.69, 9.17) is 19.6 Å². The summed E-state index contributed by atoms with van der Waals surface area (Å²) in [5.41, 5.74) is 0. The first-order valence-corrected chi connectivity index (χ1v) is 7.12. The SMILES string of the molecule is CCOC(=O)CCCC(P(O)O)P(O)O. The summed E-state index contributed by atoms with van der Waals surface area (Å²) in [6.45, 7) is 2.00. The van der Waals surface area contributed by atoms with Gasteiger partial charge in [0.15, 0.2) is 16.8 Å². The average molecular weight is 258 g/mol. The predicted octanol–water partition coefficient (Wildman–Crippen LogP) is 0.639. The van der Waals surface area contributed by atoms with Crippen LogP contribution in [0.4, 0.5) is 0 Å². The van der Waals surface area contributed by atoms with Crippen LogP contribution in [0.5, 0.6) is 0 Å². The van der Waals surface area contributed by atoms with Gasteiger partial charge in [-0.1, -0.05) is 0 Å². The molecule has 0 heterocycles. The van der Waals surface area contributed by atoms with Gasteiger partial charge in [-0.2, -0.15) is 0 Å². The Balaban J connectivity index is 3.76. The summed E-state index contributed by atoms with van der Waals surface area (Å²) in [5.74, 6) is -0.364. The Bertz CT molecular complexity index is 178. The van der Waals surface area contributed by atoms with Crippen LogP contribution >= 0.6 is 16.8 Å². The van der Waals surface area contributed by atoms with E-state index in [1.807, 2.05) is 0 Å². The number of ether oxygens (including phenoxy) is 1. The Labute approximate surface area is 90.7 Å². The Hall–Kier alpha value is 0.170. The largest absolute Gasteiger partial charge is 0.466 e. The van der Waals surface area contributed by atoms with Crippen molar-refractivity contribution in [3.8, 4) is 0 Å². The van der Waals surface area contributed by atoms with Crippen LogP contribution in [0.15, 0.2) is 0 Å². The van der Waals surface area contributed by atoms with Crippen molar-refractivity contribution in [2.75, 3.05) is 6.61 Å². The first-order chi connectivity index (χ1) is 6.99. The molecule has 6 nitrogen and oxygen atoms in total. The predicted molar refractivity (Wildman–Crippen MR) is 57.0 cm³/mol. The van der Waals surface area contributed by atoms with Gasteiger partial charge in [0, 0.05) is 6.42 Å². The molecule has 0 amide bonds. The van der Waals surface area contributed by atoms with Crippen molar-refractivity contribution in [2.24, 2.45) is 0 Å². The van der Waals surface area contributed by atoms with E-state index in [2.05, 4.69) is 4.74 Å². The van der Waals surface area contributed by atoms with Crippen LogP contribution in [0.3, 0.4) is 0 Å². The first-order valence-electron chi connectivity index (χ1n) is 4.48. The monoisotopic (exact) mass is 258 g/mol. The van der Waals surface area contributed by atoms with Gasteiger partial charge in [0.25, 0.3) is 0 Å². The van der Waals surface area contributed by atoms with Crippen LogP contribution < -0.4 is 0 Å². The molecule has 0 spiro atoms. The number of carbonyl (C=O) groups is 1. The second-order valence-electron chi connectivity index (χ2n) is 2.82. The van der Waals surface area contributed by atoms with E-state index in [9.17, 15) is 4.79 Å². The van der Waals surface area contributed by atoms with E-state index < -0.39 is 22.2 Å². The zero-order valence-corrected chi connectivity index (χ0v) is 10.2. The lowest BCUT2D eigenvalue weighted by molar-refractivity contribution is -0.143. The minimum atomic E-state index is -2.37. The molecular formula is C7H16O6P2. The Kier molecular flexibility index (Phi) is 8.43. The van der Waals surface area contributed by atoms with E-state index in [-0.39, 0.29) is 18.8 Å². The summed E-state index contributed by atoms with van der Waals surface area (Å²) in [5, 5.41) is -0.926. The molecule has 0 aliphatic heterocycles. The van der Waals surface area contributed by atoms with Crippen molar-refractivity contribution in [2.45, 2.75) is 31.6 Å². The van der Waals surface area contributed by atoms with Crippen LogP contribution in [0.1, 0.15) is 26.2 Å². The molecule has 8 heteroatoms. The van der Waals surface area contributed by atoms with Gasteiger partial charge >= 0.3 is 5.97 Å². The van der Waals surface area contributed by atoms with E-state index >= 15 is 0 Å². The Morgan fingerprint density at radius 3 is 2.20 bits per heavy atom. The maximum atomic E-state index is 10.9. The molecule has 0 saturated heterocycles. The van der Waals surface area contributed by atoms with Gasteiger partial charge in [0.2, 0.25) is 0 Å². The molecule has 90 valence electrons. The minimum absolute atomic E-state index is 0.149. The van der Waals surface area contributed by atoms with Gasteiger partial charge in [-0.15, -0.1) is 0 Å². The van der Waals surface area contributed by atoms with E-state index in [1.165, 1.54) is 0 Å². The highest BCUT2D eigenvalue weighted by molar-refractivity contribution is 7.64. The highest BCUT2D eigenvalue weighted by atomic mass is 31.2. The molecular weight excluding hydrogens is 242 g/mol. The molecule has 0 aromatic heterocycles. The molecule has 4 N–H and O–H groups in total. The molecule has 0 unspecified atom stereocenters. The molecule has 0 fully saturated rings. The second-order valence-corrected chi connectivity index (χ2v) is 5.75. The smallest absolute Gasteiger partial charge is 0.305 e. The van der Waals surface area contributed by atoms with Gasteiger partial charge in [-0.05, 0) is 19.8 Å². The summed E-state index contributed by atoms with van der Waals surface area (Å²) in [7, 11) is -4.73. The number of rotatable bonds is 7. The lowest BCUT2D eigenvalue weighted by atomic mass is 10.2. The summed E-state index contributed by atoms with van der Waals surface area (Å²) in [6, 6.07) is 0. The van der Waals surface area contributed by atoms with Gasteiger partial charge < -0.3 is 24.3 Å². The fourth-order valence-electron chi connectivity index (χ4n) is 0.985. The quantitative estimate of drug-likeness (QED) is 0.394. The number of hydrogen-bond acceptors (Lipinski definition) is 6. The lowest BCUT2D eigenvalue weighted by Gasteiger charge is -2.18. The second kappa shape index (κ2) is 8.34. The zero-order valence-electron chi connectivity index (χ0n) is 8.41. The van der Waals surface area contributed by atoms with Crippen molar-refractivity contribution >= 4 is 22.7 Å². The molecule has 15 heavy (non-hydrogen) atoms. The maximum Gasteiger partial charge on any atom is 0.305 e. The molecule has 0 aromatic rings. The van der Waals surface area contributed by atoms with Crippen LogP contribution in [0.25, 0.3) is 0 Å². The minimum Gasteiger partial charge on any atom is -0.466 e. The van der Waals surface area contributed by atoms with Gasteiger partial charge in [0.1, 0.15) is 0 Å². The fourth-order valence-corrected chi connectivity index (χ4v) is 2.55.